The van der Waals surface area contributed by atoms with Gasteiger partial charge in [-0.3, -0.25) is 9.79 Å². The van der Waals surface area contributed by atoms with Gasteiger partial charge in [0.1, 0.15) is 0 Å². The van der Waals surface area contributed by atoms with Gasteiger partial charge in [-0.15, -0.1) is 11.8 Å². The third kappa shape index (κ3) is 3.63. The van der Waals surface area contributed by atoms with Gasteiger partial charge < -0.3 is 5.11 Å². The number of thioether (sulfide) groups is 1. The second kappa shape index (κ2) is 3.96. The highest BCUT2D eigenvalue weighted by molar-refractivity contribution is 8.04. The summed E-state index contributed by atoms with van der Waals surface area (Å²) in [5.41, 5.74) is 0.867. The van der Waals surface area contributed by atoms with Crippen LogP contribution in [0.25, 0.3) is 0 Å². The molecule has 0 fully saturated rings. The van der Waals surface area contributed by atoms with Crippen molar-refractivity contribution in [2.75, 3.05) is 0 Å². The SMILES string of the molecule is CC1(C)C=NC(CCC(=O)O)=CS1. The molecule has 0 aromatic rings. The third-order valence-corrected chi connectivity index (χ3v) is 2.74. The van der Waals surface area contributed by atoms with Crippen LogP contribution in [0.4, 0.5) is 0 Å². The van der Waals surface area contributed by atoms with E-state index in [2.05, 4.69) is 18.8 Å². The minimum atomic E-state index is -0.772. The molecule has 0 spiro atoms. The lowest BCUT2D eigenvalue weighted by Gasteiger charge is -2.20. The number of nitrogens with zero attached hydrogens (tertiary/aromatic N) is 1. The topological polar surface area (TPSA) is 49.7 Å². The fourth-order valence-electron chi connectivity index (χ4n) is 0.878. The standard InChI is InChI=1S/C9H13NO2S/c1-9(2)6-10-7(5-13-9)3-4-8(11)12/h5-6H,3-4H2,1-2H3,(H,11,12). The van der Waals surface area contributed by atoms with Gasteiger partial charge in [0.15, 0.2) is 0 Å². The van der Waals surface area contributed by atoms with Crippen LogP contribution in [0, 0.1) is 0 Å². The predicted octanol–water partition coefficient (Wildman–Crippen LogP) is 2.29. The lowest BCUT2D eigenvalue weighted by Crippen LogP contribution is -2.17. The molecular formula is C9H13NO2S. The maximum absolute atomic E-state index is 10.3. The molecule has 1 aliphatic rings. The Kier molecular flexibility index (Phi) is 3.14. The second-order valence-corrected chi connectivity index (χ2v) is 5.01. The number of hydrogen-bond donors (Lipinski definition) is 1. The minimum absolute atomic E-state index is 0.0483. The number of carboxylic acid groups (broad SMARTS) is 1. The first-order chi connectivity index (χ1) is 5.99. The number of allylic oxidation sites excluding steroid dienone is 1. The molecule has 0 saturated carbocycles. The first kappa shape index (κ1) is 10.3. The van der Waals surface area contributed by atoms with Crippen molar-refractivity contribution in [1.82, 2.24) is 0 Å². The van der Waals surface area contributed by atoms with Gasteiger partial charge in [-0.1, -0.05) is 0 Å². The molecule has 0 radical (unpaired) electrons. The van der Waals surface area contributed by atoms with Crippen molar-refractivity contribution in [3.63, 3.8) is 0 Å². The lowest BCUT2D eigenvalue weighted by molar-refractivity contribution is -0.136. The van der Waals surface area contributed by atoms with Gasteiger partial charge in [0.2, 0.25) is 0 Å². The summed E-state index contributed by atoms with van der Waals surface area (Å²) in [7, 11) is 0. The van der Waals surface area contributed by atoms with E-state index < -0.39 is 5.97 Å². The molecule has 0 bridgehead atoms. The van der Waals surface area contributed by atoms with E-state index in [1.807, 2.05) is 11.6 Å². The van der Waals surface area contributed by atoms with Gasteiger partial charge in [-0.05, 0) is 19.3 Å². The van der Waals surface area contributed by atoms with Crippen molar-refractivity contribution in [1.29, 1.82) is 0 Å². The number of carboxylic acids is 1. The van der Waals surface area contributed by atoms with Gasteiger partial charge >= 0.3 is 5.97 Å². The van der Waals surface area contributed by atoms with Crippen LogP contribution in [0.15, 0.2) is 16.1 Å². The quantitative estimate of drug-likeness (QED) is 0.758. The van der Waals surface area contributed by atoms with E-state index in [-0.39, 0.29) is 11.2 Å². The van der Waals surface area contributed by atoms with Crippen LogP contribution in [-0.4, -0.2) is 22.0 Å². The highest BCUT2D eigenvalue weighted by atomic mass is 32.2. The predicted molar refractivity (Wildman–Crippen MR) is 55.1 cm³/mol. The number of hydrogen-bond acceptors (Lipinski definition) is 3. The molecule has 0 unspecified atom stereocenters. The van der Waals surface area contributed by atoms with Crippen LogP contribution in [-0.2, 0) is 4.79 Å². The molecule has 4 heteroatoms. The monoisotopic (exact) mass is 199 g/mol. The fraction of sp³-hybridized carbons (Fsp3) is 0.556. The second-order valence-electron chi connectivity index (χ2n) is 3.48. The van der Waals surface area contributed by atoms with E-state index in [0.29, 0.717) is 6.42 Å². The minimum Gasteiger partial charge on any atom is -0.481 e. The van der Waals surface area contributed by atoms with Crippen LogP contribution >= 0.6 is 11.8 Å². The molecule has 0 atom stereocenters. The Balaban J connectivity index is 2.44. The molecule has 1 N–H and O–H groups in total. The van der Waals surface area contributed by atoms with Crippen molar-refractivity contribution in [3.8, 4) is 0 Å². The Hall–Kier alpha value is -0.770. The highest BCUT2D eigenvalue weighted by Gasteiger charge is 2.18. The summed E-state index contributed by atoms with van der Waals surface area (Å²) in [6, 6.07) is 0. The van der Waals surface area contributed by atoms with E-state index >= 15 is 0 Å². The van der Waals surface area contributed by atoms with E-state index in [1.54, 1.807) is 11.8 Å². The van der Waals surface area contributed by atoms with Crippen molar-refractivity contribution in [3.05, 3.63) is 11.1 Å². The molecule has 0 aromatic carbocycles. The van der Waals surface area contributed by atoms with Crippen LogP contribution in [0.3, 0.4) is 0 Å². The van der Waals surface area contributed by atoms with Crippen LogP contribution in [0.1, 0.15) is 26.7 Å². The van der Waals surface area contributed by atoms with Crippen molar-refractivity contribution < 1.29 is 9.90 Å². The Labute approximate surface area is 81.9 Å². The normalized spacial score (nSPS) is 19.7. The summed E-state index contributed by atoms with van der Waals surface area (Å²) in [5, 5.41) is 10.4. The largest absolute Gasteiger partial charge is 0.481 e. The average molecular weight is 199 g/mol. The summed E-state index contributed by atoms with van der Waals surface area (Å²) in [5.74, 6) is -0.772. The van der Waals surface area contributed by atoms with Gasteiger partial charge in [-0.2, -0.15) is 0 Å². The lowest BCUT2D eigenvalue weighted by atomic mass is 10.2. The summed E-state index contributed by atoms with van der Waals surface area (Å²) in [6.45, 7) is 4.15. The molecule has 0 amide bonds. The van der Waals surface area contributed by atoms with Crippen molar-refractivity contribution in [2.24, 2.45) is 4.99 Å². The number of aliphatic carboxylic acids is 1. The summed E-state index contributed by atoms with van der Waals surface area (Å²) < 4.78 is 0.0483. The maximum atomic E-state index is 10.3. The van der Waals surface area contributed by atoms with Crippen molar-refractivity contribution in [2.45, 2.75) is 31.4 Å². The van der Waals surface area contributed by atoms with E-state index in [0.717, 1.165) is 5.70 Å². The first-order valence-electron chi connectivity index (χ1n) is 4.13. The molecule has 72 valence electrons. The Morgan fingerprint density at radius 3 is 2.85 bits per heavy atom. The van der Waals surface area contributed by atoms with Crippen LogP contribution in [0.5, 0.6) is 0 Å². The number of rotatable bonds is 3. The van der Waals surface area contributed by atoms with E-state index in [1.165, 1.54) is 0 Å². The molecule has 1 heterocycles. The van der Waals surface area contributed by atoms with Crippen molar-refractivity contribution >= 4 is 23.9 Å². The Morgan fingerprint density at radius 1 is 1.69 bits per heavy atom. The fourth-order valence-corrected chi connectivity index (χ4v) is 1.61. The van der Waals surface area contributed by atoms with E-state index in [9.17, 15) is 4.79 Å². The summed E-state index contributed by atoms with van der Waals surface area (Å²) in [6.07, 6.45) is 2.55. The number of aliphatic imine (C=N–C) groups is 1. The first-order valence-corrected chi connectivity index (χ1v) is 5.01. The van der Waals surface area contributed by atoms with Gasteiger partial charge in [0.05, 0.1) is 6.42 Å². The molecule has 1 rings (SSSR count). The molecule has 0 saturated heterocycles. The molecule has 0 aromatic heterocycles. The summed E-state index contributed by atoms with van der Waals surface area (Å²) in [4.78, 5) is 14.5. The zero-order valence-electron chi connectivity index (χ0n) is 7.78. The molecule has 3 nitrogen and oxygen atoms in total. The van der Waals surface area contributed by atoms with Gasteiger partial charge in [0, 0.05) is 23.1 Å². The average Bonchev–Trinajstić information content (AvgIpc) is 2.02. The smallest absolute Gasteiger partial charge is 0.303 e. The molecule has 13 heavy (non-hydrogen) atoms. The third-order valence-electron chi connectivity index (χ3n) is 1.63. The Bertz CT molecular complexity index is 269. The molecule has 1 aliphatic heterocycles. The van der Waals surface area contributed by atoms with Gasteiger partial charge in [0.25, 0.3) is 0 Å². The zero-order chi connectivity index (χ0) is 9.90. The zero-order valence-corrected chi connectivity index (χ0v) is 8.60. The van der Waals surface area contributed by atoms with E-state index in [4.69, 9.17) is 5.11 Å². The number of carbonyl (C=O) groups is 1. The highest BCUT2D eigenvalue weighted by Crippen LogP contribution is 2.30. The van der Waals surface area contributed by atoms with Gasteiger partial charge in [-0.25, -0.2) is 0 Å². The summed E-state index contributed by atoms with van der Waals surface area (Å²) >= 11 is 1.68. The molecule has 0 aliphatic carbocycles. The Morgan fingerprint density at radius 2 is 2.38 bits per heavy atom. The van der Waals surface area contributed by atoms with Crippen LogP contribution < -0.4 is 0 Å². The van der Waals surface area contributed by atoms with Crippen LogP contribution in [0.2, 0.25) is 0 Å². The molecular weight excluding hydrogens is 186 g/mol. The maximum Gasteiger partial charge on any atom is 0.303 e.